The molecule has 0 saturated carbocycles. The zero-order chi connectivity index (χ0) is 14.3. The highest BCUT2D eigenvalue weighted by Crippen LogP contribution is 2.21. The van der Waals surface area contributed by atoms with E-state index in [-0.39, 0.29) is 0 Å². The van der Waals surface area contributed by atoms with Crippen molar-refractivity contribution in [3.63, 3.8) is 0 Å². The number of hydrogen-bond acceptors (Lipinski definition) is 3. The van der Waals surface area contributed by atoms with Gasteiger partial charge in [0.05, 0.1) is 0 Å². The van der Waals surface area contributed by atoms with Crippen molar-refractivity contribution < 1.29 is 0 Å². The lowest BCUT2D eigenvalue weighted by atomic mass is 9.99. The van der Waals surface area contributed by atoms with Crippen molar-refractivity contribution in [2.75, 3.05) is 33.7 Å². The van der Waals surface area contributed by atoms with Crippen molar-refractivity contribution >= 4 is 0 Å². The lowest BCUT2D eigenvalue weighted by Gasteiger charge is -2.35. The van der Waals surface area contributed by atoms with E-state index in [1.165, 1.54) is 45.2 Å². The van der Waals surface area contributed by atoms with Gasteiger partial charge in [-0.25, -0.2) is 0 Å². The van der Waals surface area contributed by atoms with Gasteiger partial charge in [0.25, 0.3) is 0 Å². The van der Waals surface area contributed by atoms with Gasteiger partial charge in [0.2, 0.25) is 0 Å². The number of nitrogens with one attached hydrogen (secondary N) is 1. The predicted octanol–water partition coefficient (Wildman–Crippen LogP) is 2.57. The highest BCUT2D eigenvalue weighted by Gasteiger charge is 2.32. The number of nitrogens with zero attached hydrogens (tertiary/aromatic N) is 2. The average molecular weight is 269 g/mol. The minimum Gasteiger partial charge on any atom is -0.312 e. The van der Waals surface area contributed by atoms with Crippen molar-refractivity contribution in [3.8, 4) is 0 Å². The second-order valence-corrected chi connectivity index (χ2v) is 6.23. The molecule has 1 aliphatic heterocycles. The van der Waals surface area contributed by atoms with Crippen molar-refractivity contribution in [2.24, 2.45) is 0 Å². The second kappa shape index (κ2) is 8.93. The molecule has 1 N–H and O–H groups in total. The number of likely N-dealkylation sites (N-methyl/N-ethyl adjacent to an activating group) is 1. The first-order valence-corrected chi connectivity index (χ1v) is 8.27. The Morgan fingerprint density at radius 1 is 1.21 bits per heavy atom. The topological polar surface area (TPSA) is 18.5 Å². The molecule has 0 aromatic heterocycles. The maximum Gasteiger partial charge on any atom is 0.0247 e. The van der Waals surface area contributed by atoms with E-state index in [0.717, 1.165) is 18.6 Å². The smallest absolute Gasteiger partial charge is 0.0247 e. The molecule has 3 nitrogen and oxygen atoms in total. The van der Waals surface area contributed by atoms with Crippen LogP contribution in [0.2, 0.25) is 0 Å². The normalized spacial score (nSPS) is 24.0. The molecule has 3 unspecified atom stereocenters. The maximum absolute atomic E-state index is 3.79. The quantitative estimate of drug-likeness (QED) is 0.694. The number of rotatable bonds is 9. The average Bonchev–Trinajstić information content (AvgIpc) is 2.86. The molecule has 1 saturated heterocycles. The molecule has 1 aliphatic rings. The number of likely N-dealkylation sites (tertiary alicyclic amines) is 1. The monoisotopic (exact) mass is 269 g/mol. The third kappa shape index (κ3) is 5.05. The Kier molecular flexibility index (Phi) is 7.96. The first kappa shape index (κ1) is 16.9. The minimum atomic E-state index is 0.677. The summed E-state index contributed by atoms with van der Waals surface area (Å²) in [7, 11) is 4.43. The van der Waals surface area contributed by atoms with Crippen molar-refractivity contribution in [1.82, 2.24) is 15.1 Å². The molecule has 3 atom stereocenters. The predicted molar refractivity (Wildman–Crippen MR) is 84.7 cm³/mol. The van der Waals surface area contributed by atoms with Crippen molar-refractivity contribution in [2.45, 2.75) is 71.0 Å². The van der Waals surface area contributed by atoms with E-state index in [9.17, 15) is 0 Å². The third-order valence-electron chi connectivity index (χ3n) is 4.53. The van der Waals surface area contributed by atoms with E-state index in [0.29, 0.717) is 6.04 Å². The summed E-state index contributed by atoms with van der Waals surface area (Å²) in [5.74, 6) is 0. The summed E-state index contributed by atoms with van der Waals surface area (Å²) in [4.78, 5) is 5.12. The summed E-state index contributed by atoms with van der Waals surface area (Å²) in [6, 6.07) is 2.15. The third-order valence-corrected chi connectivity index (χ3v) is 4.53. The van der Waals surface area contributed by atoms with Crippen LogP contribution in [-0.2, 0) is 0 Å². The molecule has 0 bridgehead atoms. The van der Waals surface area contributed by atoms with Crippen LogP contribution >= 0.6 is 0 Å². The van der Waals surface area contributed by atoms with E-state index in [2.05, 4.69) is 50.0 Å². The molecule has 0 aliphatic carbocycles. The molecule has 1 heterocycles. The van der Waals surface area contributed by atoms with E-state index in [1.54, 1.807) is 0 Å². The van der Waals surface area contributed by atoms with Crippen LogP contribution in [0.1, 0.15) is 52.9 Å². The molecule has 1 fully saturated rings. The first-order chi connectivity index (χ1) is 9.13. The molecule has 0 aromatic rings. The van der Waals surface area contributed by atoms with E-state index >= 15 is 0 Å². The molecule has 1 rings (SSSR count). The van der Waals surface area contributed by atoms with Crippen LogP contribution in [0.5, 0.6) is 0 Å². The summed E-state index contributed by atoms with van der Waals surface area (Å²) in [6.45, 7) is 10.6. The van der Waals surface area contributed by atoms with Crippen LogP contribution in [0, 0.1) is 0 Å². The van der Waals surface area contributed by atoms with Crippen LogP contribution < -0.4 is 5.32 Å². The maximum atomic E-state index is 3.79. The van der Waals surface area contributed by atoms with Gasteiger partial charge < -0.3 is 10.2 Å². The Bertz CT molecular complexity index is 230. The molecule has 0 spiro atoms. The molecule has 0 aromatic carbocycles. The first-order valence-electron chi connectivity index (χ1n) is 8.27. The lowest BCUT2D eigenvalue weighted by Crippen LogP contribution is -2.50. The van der Waals surface area contributed by atoms with Gasteiger partial charge in [-0.15, -0.1) is 0 Å². The minimum absolute atomic E-state index is 0.677. The fourth-order valence-electron chi connectivity index (χ4n) is 3.36. The Labute approximate surface area is 120 Å². The van der Waals surface area contributed by atoms with E-state index < -0.39 is 0 Å². The molecule has 114 valence electrons. The summed E-state index contributed by atoms with van der Waals surface area (Å²) >= 11 is 0. The van der Waals surface area contributed by atoms with Gasteiger partial charge in [0.15, 0.2) is 0 Å². The van der Waals surface area contributed by atoms with Crippen LogP contribution in [-0.4, -0.2) is 61.7 Å². The van der Waals surface area contributed by atoms with Gasteiger partial charge in [-0.05, 0) is 46.3 Å². The van der Waals surface area contributed by atoms with Crippen LogP contribution in [0.3, 0.4) is 0 Å². The zero-order valence-electron chi connectivity index (χ0n) is 13.8. The van der Waals surface area contributed by atoms with Crippen LogP contribution in [0.25, 0.3) is 0 Å². The molecule has 3 heteroatoms. The summed E-state index contributed by atoms with van der Waals surface area (Å²) in [5.41, 5.74) is 0. The zero-order valence-corrected chi connectivity index (χ0v) is 13.8. The van der Waals surface area contributed by atoms with Crippen LogP contribution in [0.15, 0.2) is 0 Å². The Balaban J connectivity index is 2.58. The summed E-state index contributed by atoms with van der Waals surface area (Å²) < 4.78 is 0. The Morgan fingerprint density at radius 3 is 2.42 bits per heavy atom. The largest absolute Gasteiger partial charge is 0.312 e. The molecular formula is C16H35N3. The van der Waals surface area contributed by atoms with Crippen LogP contribution in [0.4, 0.5) is 0 Å². The van der Waals surface area contributed by atoms with E-state index in [1.807, 2.05) is 0 Å². The van der Waals surface area contributed by atoms with Gasteiger partial charge in [0, 0.05) is 31.2 Å². The molecular weight excluding hydrogens is 234 g/mol. The number of hydrogen-bond donors (Lipinski definition) is 1. The molecule has 19 heavy (non-hydrogen) atoms. The molecule has 0 radical (unpaired) electrons. The Morgan fingerprint density at radius 2 is 1.95 bits per heavy atom. The van der Waals surface area contributed by atoms with Gasteiger partial charge >= 0.3 is 0 Å². The standard InChI is InChI=1S/C16H35N3/c1-6-9-15(17-11-7-2)16(8-3)19-12-10-14(13-19)18(4)5/h14-17H,6-13H2,1-5H3. The Hall–Kier alpha value is -0.120. The lowest BCUT2D eigenvalue weighted by molar-refractivity contribution is 0.165. The fraction of sp³-hybridized carbons (Fsp3) is 1.00. The fourth-order valence-corrected chi connectivity index (χ4v) is 3.36. The summed E-state index contributed by atoms with van der Waals surface area (Å²) in [6.07, 6.45) is 6.42. The van der Waals surface area contributed by atoms with Crippen molar-refractivity contribution in [1.29, 1.82) is 0 Å². The van der Waals surface area contributed by atoms with Gasteiger partial charge in [-0.1, -0.05) is 27.2 Å². The van der Waals surface area contributed by atoms with Gasteiger partial charge in [-0.3, -0.25) is 4.90 Å². The SMILES string of the molecule is CCCNC(CCC)C(CC)N1CCC(N(C)C)C1. The van der Waals surface area contributed by atoms with Gasteiger partial charge in [0.1, 0.15) is 0 Å². The highest BCUT2D eigenvalue weighted by atomic mass is 15.3. The van der Waals surface area contributed by atoms with Crippen molar-refractivity contribution in [3.05, 3.63) is 0 Å². The second-order valence-electron chi connectivity index (χ2n) is 6.23. The highest BCUT2D eigenvalue weighted by molar-refractivity contribution is 4.90. The molecule has 0 amide bonds. The van der Waals surface area contributed by atoms with Gasteiger partial charge in [-0.2, -0.15) is 0 Å². The summed E-state index contributed by atoms with van der Waals surface area (Å²) in [5, 5.41) is 3.79. The van der Waals surface area contributed by atoms with E-state index in [4.69, 9.17) is 0 Å².